The summed E-state index contributed by atoms with van der Waals surface area (Å²) >= 11 is 12.5. The first-order valence-electron chi connectivity index (χ1n) is 15.6. The number of carbonyl (C=O) groups is 2. The van der Waals surface area contributed by atoms with Gasteiger partial charge in [0.05, 0.1) is 16.4 Å². The number of aromatic nitrogens is 2. The minimum atomic E-state index is -0.710. The van der Waals surface area contributed by atoms with Gasteiger partial charge in [0.25, 0.3) is 5.91 Å². The molecule has 1 aromatic heterocycles. The van der Waals surface area contributed by atoms with Gasteiger partial charge in [-0.05, 0) is 107 Å². The number of rotatable bonds is 13. The van der Waals surface area contributed by atoms with E-state index in [1.54, 1.807) is 42.5 Å². The van der Waals surface area contributed by atoms with Gasteiger partial charge >= 0.3 is 6.09 Å². The van der Waals surface area contributed by atoms with E-state index in [0.717, 1.165) is 54.5 Å². The molecule has 0 unspecified atom stereocenters. The molecule has 0 aliphatic rings. The third-order valence-electron chi connectivity index (χ3n) is 7.97. The van der Waals surface area contributed by atoms with Crippen molar-refractivity contribution in [1.82, 2.24) is 20.2 Å². The first-order chi connectivity index (χ1) is 22.4. The van der Waals surface area contributed by atoms with Crippen LogP contribution in [0.2, 0.25) is 10.0 Å². The first kappa shape index (κ1) is 35.7. The normalized spacial score (nSPS) is 11.0. The standard InChI is InChI=1S/C36H42Cl2N6O3/c1-23-14-16-29(25(3)24(23)2)31-22-33(47-36(46)44(6)32-21-27(37)15-17-30(32)38)42-35(41-31)40-28-13-11-12-26(20-28)34(45)39-18-9-7-8-10-19-43(4)5/h11-17,20-22H,7-10,18-19H2,1-6H3,(H,39,45)(H,40,41,42). The fourth-order valence-corrected chi connectivity index (χ4v) is 5.39. The molecule has 2 amide bonds. The van der Waals surface area contributed by atoms with Gasteiger partial charge < -0.3 is 20.3 Å². The highest BCUT2D eigenvalue weighted by Crippen LogP contribution is 2.32. The molecule has 1 heterocycles. The smallest absolute Gasteiger partial charge is 0.391 e. The lowest BCUT2D eigenvalue weighted by atomic mass is 9.97. The predicted octanol–water partition coefficient (Wildman–Crippen LogP) is 8.61. The summed E-state index contributed by atoms with van der Waals surface area (Å²) in [5.41, 5.74) is 6.28. The number of nitrogens with zero attached hydrogens (tertiary/aromatic N) is 4. The Morgan fingerprint density at radius 1 is 0.851 bits per heavy atom. The minimum absolute atomic E-state index is 0.0320. The Morgan fingerprint density at radius 2 is 1.62 bits per heavy atom. The van der Waals surface area contributed by atoms with Crippen molar-refractivity contribution >= 4 is 52.5 Å². The van der Waals surface area contributed by atoms with Crippen molar-refractivity contribution in [3.05, 3.63) is 93.0 Å². The topological polar surface area (TPSA) is 99.7 Å². The summed E-state index contributed by atoms with van der Waals surface area (Å²) in [5, 5.41) is 6.98. The minimum Gasteiger partial charge on any atom is -0.391 e. The molecule has 0 saturated carbocycles. The number of hydrogen-bond acceptors (Lipinski definition) is 7. The van der Waals surface area contributed by atoms with Crippen LogP contribution in [0, 0.1) is 20.8 Å². The van der Waals surface area contributed by atoms with Crippen molar-refractivity contribution in [2.45, 2.75) is 46.5 Å². The molecule has 0 saturated heterocycles. The molecule has 47 heavy (non-hydrogen) atoms. The molecule has 248 valence electrons. The Hall–Kier alpha value is -4.18. The van der Waals surface area contributed by atoms with Crippen molar-refractivity contribution in [2.24, 2.45) is 0 Å². The van der Waals surface area contributed by atoms with Crippen LogP contribution in [0.1, 0.15) is 52.7 Å². The van der Waals surface area contributed by atoms with E-state index in [2.05, 4.69) is 48.5 Å². The zero-order valence-electron chi connectivity index (χ0n) is 27.8. The molecule has 4 rings (SSSR count). The van der Waals surface area contributed by atoms with Crippen LogP contribution in [0.25, 0.3) is 11.3 Å². The van der Waals surface area contributed by atoms with Crippen LogP contribution in [-0.4, -0.2) is 61.1 Å². The van der Waals surface area contributed by atoms with Crippen LogP contribution in [0.5, 0.6) is 5.88 Å². The number of anilines is 3. The monoisotopic (exact) mass is 676 g/mol. The second-order valence-electron chi connectivity index (χ2n) is 11.8. The molecule has 0 radical (unpaired) electrons. The van der Waals surface area contributed by atoms with Crippen molar-refractivity contribution in [2.75, 3.05) is 44.4 Å². The molecular formula is C36H42Cl2N6O3. The fourth-order valence-electron chi connectivity index (χ4n) is 4.98. The Kier molecular flexibility index (Phi) is 12.6. The average Bonchev–Trinajstić information content (AvgIpc) is 3.03. The summed E-state index contributed by atoms with van der Waals surface area (Å²) in [7, 11) is 5.69. The third kappa shape index (κ3) is 9.91. The molecule has 9 nitrogen and oxygen atoms in total. The second-order valence-corrected chi connectivity index (χ2v) is 12.6. The highest BCUT2D eigenvalue weighted by Gasteiger charge is 2.20. The maximum absolute atomic E-state index is 13.2. The van der Waals surface area contributed by atoms with Crippen molar-refractivity contribution < 1.29 is 14.3 Å². The fraction of sp³-hybridized carbons (Fsp3) is 0.333. The van der Waals surface area contributed by atoms with Gasteiger partial charge in [0.15, 0.2) is 0 Å². The Bertz CT molecular complexity index is 1730. The van der Waals surface area contributed by atoms with Gasteiger partial charge in [0.2, 0.25) is 11.8 Å². The molecule has 2 N–H and O–H groups in total. The number of hydrogen-bond donors (Lipinski definition) is 2. The van der Waals surface area contributed by atoms with E-state index in [1.807, 2.05) is 25.1 Å². The Balaban J connectivity index is 1.55. The zero-order chi connectivity index (χ0) is 34.1. The molecule has 0 atom stereocenters. The number of nitrogens with one attached hydrogen (secondary N) is 2. The number of amides is 2. The lowest BCUT2D eigenvalue weighted by molar-refractivity contribution is 0.0953. The summed E-state index contributed by atoms with van der Waals surface area (Å²) in [4.78, 5) is 38.9. The van der Waals surface area contributed by atoms with Gasteiger partial charge in [-0.2, -0.15) is 4.98 Å². The Labute approximate surface area is 287 Å². The molecule has 0 bridgehead atoms. The average molecular weight is 678 g/mol. The highest BCUT2D eigenvalue weighted by atomic mass is 35.5. The van der Waals surface area contributed by atoms with Crippen LogP contribution in [-0.2, 0) is 0 Å². The largest absolute Gasteiger partial charge is 0.420 e. The SMILES string of the molecule is Cc1ccc(-c2cc(OC(=O)N(C)c3cc(Cl)ccc3Cl)nc(Nc3cccc(C(=O)NCCCCCCN(C)C)c3)n2)c(C)c1C. The molecule has 0 fully saturated rings. The summed E-state index contributed by atoms with van der Waals surface area (Å²) in [6, 6.07) is 17.6. The van der Waals surface area contributed by atoms with E-state index in [9.17, 15) is 9.59 Å². The number of carbonyl (C=O) groups excluding carboxylic acids is 2. The van der Waals surface area contributed by atoms with E-state index in [4.69, 9.17) is 32.9 Å². The maximum atomic E-state index is 13.2. The second kappa shape index (κ2) is 16.6. The molecule has 3 aromatic carbocycles. The lowest BCUT2D eigenvalue weighted by Crippen LogP contribution is -2.30. The van der Waals surface area contributed by atoms with E-state index in [0.29, 0.717) is 39.2 Å². The van der Waals surface area contributed by atoms with Gasteiger partial charge in [0, 0.05) is 41.5 Å². The quantitative estimate of drug-likeness (QED) is 0.137. The number of aryl methyl sites for hydroxylation is 1. The van der Waals surface area contributed by atoms with Crippen LogP contribution in [0.4, 0.5) is 22.1 Å². The molecule has 4 aromatic rings. The summed E-state index contributed by atoms with van der Waals surface area (Å²) in [5.74, 6) is 0.0750. The summed E-state index contributed by atoms with van der Waals surface area (Å²) in [6.45, 7) is 7.82. The molecular weight excluding hydrogens is 635 g/mol. The van der Waals surface area contributed by atoms with Gasteiger partial charge in [-0.15, -0.1) is 0 Å². The summed E-state index contributed by atoms with van der Waals surface area (Å²) < 4.78 is 5.74. The predicted molar refractivity (Wildman–Crippen MR) is 192 cm³/mol. The van der Waals surface area contributed by atoms with Crippen molar-refractivity contribution in [1.29, 1.82) is 0 Å². The van der Waals surface area contributed by atoms with Crippen molar-refractivity contribution in [3.63, 3.8) is 0 Å². The number of ether oxygens (including phenoxy) is 1. The van der Waals surface area contributed by atoms with E-state index < -0.39 is 6.09 Å². The lowest BCUT2D eigenvalue weighted by Gasteiger charge is -2.19. The van der Waals surface area contributed by atoms with E-state index in [-0.39, 0.29) is 17.7 Å². The number of halogens is 2. The first-order valence-corrected chi connectivity index (χ1v) is 16.4. The molecule has 0 spiro atoms. The van der Waals surface area contributed by atoms with Crippen LogP contribution >= 0.6 is 23.2 Å². The van der Waals surface area contributed by atoms with Crippen LogP contribution in [0.3, 0.4) is 0 Å². The number of unbranched alkanes of at least 4 members (excludes halogenated alkanes) is 3. The Morgan fingerprint density at radius 3 is 2.38 bits per heavy atom. The van der Waals surface area contributed by atoms with Gasteiger partial charge in [-0.3, -0.25) is 9.69 Å². The number of benzene rings is 3. The van der Waals surface area contributed by atoms with Crippen molar-refractivity contribution in [3.8, 4) is 17.1 Å². The molecule has 0 aliphatic heterocycles. The molecule has 11 heteroatoms. The van der Waals surface area contributed by atoms with E-state index >= 15 is 0 Å². The van der Waals surface area contributed by atoms with Gasteiger partial charge in [-0.1, -0.05) is 54.2 Å². The summed E-state index contributed by atoms with van der Waals surface area (Å²) in [6.07, 6.45) is 3.57. The third-order valence-corrected chi connectivity index (χ3v) is 8.53. The zero-order valence-corrected chi connectivity index (χ0v) is 29.3. The van der Waals surface area contributed by atoms with E-state index in [1.165, 1.54) is 11.9 Å². The highest BCUT2D eigenvalue weighted by molar-refractivity contribution is 6.35. The maximum Gasteiger partial charge on any atom is 0.420 e. The molecule has 0 aliphatic carbocycles. The van der Waals surface area contributed by atoms with Gasteiger partial charge in [-0.25, -0.2) is 9.78 Å². The van der Waals surface area contributed by atoms with Crippen LogP contribution < -0.4 is 20.3 Å². The van der Waals surface area contributed by atoms with Crippen LogP contribution in [0.15, 0.2) is 60.7 Å². The van der Waals surface area contributed by atoms with Gasteiger partial charge in [0.1, 0.15) is 0 Å².